The van der Waals surface area contributed by atoms with Crippen molar-refractivity contribution in [2.24, 2.45) is 0 Å². The molecule has 8 heteroatoms. The van der Waals surface area contributed by atoms with E-state index in [1.54, 1.807) is 12.1 Å². The van der Waals surface area contributed by atoms with Crippen molar-refractivity contribution in [3.8, 4) is 11.5 Å². The predicted molar refractivity (Wildman–Crippen MR) is 98.1 cm³/mol. The third-order valence-electron chi connectivity index (χ3n) is 4.83. The number of likely N-dealkylation sites (tertiary alicyclic amines) is 1. The lowest BCUT2D eigenvalue weighted by Gasteiger charge is -2.37. The minimum atomic E-state index is -0.383. The summed E-state index contributed by atoms with van der Waals surface area (Å²) < 4.78 is 21.9. The molecule has 0 bridgehead atoms. The van der Waals surface area contributed by atoms with Crippen molar-refractivity contribution in [3.05, 3.63) is 17.2 Å². The van der Waals surface area contributed by atoms with Crippen molar-refractivity contribution in [3.63, 3.8) is 0 Å². The summed E-state index contributed by atoms with van der Waals surface area (Å²) in [6.07, 6.45) is 2.08. The van der Waals surface area contributed by atoms with E-state index in [-0.39, 0.29) is 11.7 Å². The molecule has 26 heavy (non-hydrogen) atoms. The number of benzene rings is 1. The first-order valence-electron chi connectivity index (χ1n) is 8.77. The highest BCUT2D eigenvalue weighted by Gasteiger charge is 2.39. The number of rotatable bonds is 6. The molecule has 0 aromatic heterocycles. The maximum atomic E-state index is 12.3. The average Bonchev–Trinajstić information content (AvgIpc) is 3.10. The molecule has 1 aromatic carbocycles. The molecule has 2 aliphatic heterocycles. The van der Waals surface area contributed by atoms with E-state index in [0.29, 0.717) is 48.4 Å². The number of ether oxygens (including phenoxy) is 4. The molecule has 2 saturated heterocycles. The van der Waals surface area contributed by atoms with Gasteiger partial charge in [0, 0.05) is 51.0 Å². The first kappa shape index (κ1) is 19.2. The van der Waals surface area contributed by atoms with Gasteiger partial charge in [0.15, 0.2) is 5.79 Å². The van der Waals surface area contributed by atoms with Crippen LogP contribution >= 0.6 is 11.6 Å². The van der Waals surface area contributed by atoms with Crippen molar-refractivity contribution in [2.75, 3.05) is 52.4 Å². The fourth-order valence-electron chi connectivity index (χ4n) is 3.33. The normalized spacial score (nSPS) is 19.5. The molecule has 7 nitrogen and oxygen atoms in total. The van der Waals surface area contributed by atoms with Gasteiger partial charge in [-0.05, 0) is 0 Å². The van der Waals surface area contributed by atoms with E-state index in [9.17, 15) is 4.79 Å². The first-order chi connectivity index (χ1) is 12.5. The number of nitrogens with zero attached hydrogens (tertiary/aromatic N) is 1. The number of methoxy groups -OCH3 is 2. The quantitative estimate of drug-likeness (QED) is 0.812. The maximum Gasteiger partial charge on any atom is 0.225 e. The van der Waals surface area contributed by atoms with Crippen molar-refractivity contribution in [1.29, 1.82) is 0 Å². The van der Waals surface area contributed by atoms with Crippen LogP contribution in [0.1, 0.15) is 19.3 Å². The minimum absolute atomic E-state index is 0.0821. The lowest BCUT2D eigenvalue weighted by atomic mass is 10.0. The molecule has 2 aliphatic rings. The molecule has 0 atom stereocenters. The van der Waals surface area contributed by atoms with E-state index in [1.165, 1.54) is 14.2 Å². The predicted octanol–water partition coefficient (Wildman–Crippen LogP) is 2.52. The molecule has 0 unspecified atom stereocenters. The van der Waals surface area contributed by atoms with Crippen LogP contribution < -0.4 is 14.8 Å². The zero-order valence-corrected chi connectivity index (χ0v) is 15.9. The highest BCUT2D eigenvalue weighted by atomic mass is 35.5. The van der Waals surface area contributed by atoms with Gasteiger partial charge >= 0.3 is 0 Å². The summed E-state index contributed by atoms with van der Waals surface area (Å²) in [5.74, 6) is 0.521. The zero-order chi connectivity index (χ0) is 18.6. The summed E-state index contributed by atoms with van der Waals surface area (Å²) in [4.78, 5) is 14.6. The van der Waals surface area contributed by atoms with Crippen molar-refractivity contribution >= 4 is 23.2 Å². The molecule has 0 radical (unpaired) electrons. The standard InChI is InChI=1S/C18H25ClN2O5/c1-23-15-12-14(16(24-2)11-13(15)19)20-17(22)3-6-21-7-4-18(5-8-21)25-9-10-26-18/h11-12H,3-10H2,1-2H3,(H,20,22). The van der Waals surface area contributed by atoms with Crippen molar-refractivity contribution in [1.82, 2.24) is 4.90 Å². The van der Waals surface area contributed by atoms with Gasteiger partial charge in [-0.3, -0.25) is 4.79 Å². The molecular formula is C18H25ClN2O5. The molecule has 144 valence electrons. The summed E-state index contributed by atoms with van der Waals surface area (Å²) in [6, 6.07) is 3.29. The Labute approximate surface area is 158 Å². The molecule has 2 fully saturated rings. The van der Waals surface area contributed by atoms with Gasteiger partial charge in [0.05, 0.1) is 38.1 Å². The van der Waals surface area contributed by atoms with Gasteiger partial charge in [-0.15, -0.1) is 0 Å². The second-order valence-corrected chi connectivity index (χ2v) is 6.84. The lowest BCUT2D eigenvalue weighted by molar-refractivity contribution is -0.185. The minimum Gasteiger partial charge on any atom is -0.495 e. The van der Waals surface area contributed by atoms with Crippen molar-refractivity contribution in [2.45, 2.75) is 25.0 Å². The third-order valence-corrected chi connectivity index (χ3v) is 5.13. The van der Waals surface area contributed by atoms with Crippen LogP contribution in [0, 0.1) is 0 Å². The molecule has 1 amide bonds. The highest BCUT2D eigenvalue weighted by molar-refractivity contribution is 6.32. The zero-order valence-electron chi connectivity index (χ0n) is 15.2. The summed E-state index contributed by atoms with van der Waals surface area (Å²) in [6.45, 7) is 3.77. The van der Waals surface area contributed by atoms with Gasteiger partial charge in [-0.1, -0.05) is 11.6 Å². The van der Waals surface area contributed by atoms with Crippen LogP contribution in [0.4, 0.5) is 5.69 Å². The third kappa shape index (κ3) is 4.40. The number of carbonyl (C=O) groups excluding carboxylic acids is 1. The highest BCUT2D eigenvalue weighted by Crippen LogP contribution is 2.36. The van der Waals surface area contributed by atoms with Gasteiger partial charge in [0.25, 0.3) is 0 Å². The smallest absolute Gasteiger partial charge is 0.225 e. The lowest BCUT2D eigenvalue weighted by Crippen LogP contribution is -2.45. The summed E-state index contributed by atoms with van der Waals surface area (Å²) in [7, 11) is 3.06. The number of amides is 1. The molecule has 2 heterocycles. The van der Waals surface area contributed by atoms with E-state index in [0.717, 1.165) is 25.9 Å². The summed E-state index contributed by atoms with van der Waals surface area (Å²) in [5.41, 5.74) is 0.545. The van der Waals surface area contributed by atoms with Crippen LogP contribution in [-0.2, 0) is 14.3 Å². The fraction of sp³-hybridized carbons (Fsp3) is 0.611. The van der Waals surface area contributed by atoms with Crippen LogP contribution in [0.25, 0.3) is 0 Å². The Morgan fingerprint density at radius 1 is 1.19 bits per heavy atom. The molecule has 1 spiro atoms. The number of carbonyl (C=O) groups is 1. The number of anilines is 1. The van der Waals surface area contributed by atoms with E-state index >= 15 is 0 Å². The monoisotopic (exact) mass is 384 g/mol. The molecule has 0 saturated carbocycles. The van der Waals surface area contributed by atoms with Gasteiger partial charge in [0.2, 0.25) is 5.91 Å². The largest absolute Gasteiger partial charge is 0.495 e. The van der Waals surface area contributed by atoms with E-state index in [4.69, 9.17) is 30.5 Å². The van der Waals surface area contributed by atoms with Crippen LogP contribution in [0.2, 0.25) is 5.02 Å². The fourth-order valence-corrected chi connectivity index (χ4v) is 3.56. The van der Waals surface area contributed by atoms with Crippen LogP contribution in [-0.4, -0.2) is 63.7 Å². The molecular weight excluding hydrogens is 360 g/mol. The molecule has 1 N–H and O–H groups in total. The summed E-state index contributed by atoms with van der Waals surface area (Å²) in [5, 5.41) is 3.30. The average molecular weight is 385 g/mol. The number of hydrogen-bond acceptors (Lipinski definition) is 6. The molecule has 1 aromatic rings. The Morgan fingerprint density at radius 3 is 2.46 bits per heavy atom. The Balaban J connectivity index is 1.50. The van der Waals surface area contributed by atoms with Crippen molar-refractivity contribution < 1.29 is 23.7 Å². The number of halogens is 1. The number of piperidine rings is 1. The summed E-state index contributed by atoms with van der Waals surface area (Å²) >= 11 is 6.09. The van der Waals surface area contributed by atoms with Crippen LogP contribution in [0.15, 0.2) is 12.1 Å². The number of hydrogen-bond donors (Lipinski definition) is 1. The second-order valence-electron chi connectivity index (χ2n) is 6.43. The van der Waals surface area contributed by atoms with Gasteiger partial charge in [-0.25, -0.2) is 0 Å². The van der Waals surface area contributed by atoms with Gasteiger partial charge < -0.3 is 29.2 Å². The van der Waals surface area contributed by atoms with Gasteiger partial charge in [-0.2, -0.15) is 0 Å². The number of nitrogens with one attached hydrogen (secondary N) is 1. The molecule has 0 aliphatic carbocycles. The van der Waals surface area contributed by atoms with Crippen LogP contribution in [0.3, 0.4) is 0 Å². The molecule has 3 rings (SSSR count). The Morgan fingerprint density at radius 2 is 1.85 bits per heavy atom. The van der Waals surface area contributed by atoms with E-state index in [2.05, 4.69) is 10.2 Å². The Kier molecular flexibility index (Phi) is 6.24. The van der Waals surface area contributed by atoms with E-state index in [1.807, 2.05) is 0 Å². The van der Waals surface area contributed by atoms with Crippen LogP contribution in [0.5, 0.6) is 11.5 Å². The SMILES string of the molecule is COc1cc(NC(=O)CCN2CCC3(CC2)OCCO3)c(OC)cc1Cl. The second kappa shape index (κ2) is 8.43. The Bertz CT molecular complexity index is 639. The topological polar surface area (TPSA) is 69.3 Å². The first-order valence-corrected chi connectivity index (χ1v) is 9.15. The maximum absolute atomic E-state index is 12.3. The van der Waals surface area contributed by atoms with Gasteiger partial charge in [0.1, 0.15) is 11.5 Å². The Hall–Kier alpha value is -1.54. The van der Waals surface area contributed by atoms with E-state index < -0.39 is 0 Å².